The van der Waals surface area contributed by atoms with Crippen LogP contribution in [0.1, 0.15) is 13.8 Å². The third-order valence-corrected chi connectivity index (χ3v) is 4.49. The summed E-state index contributed by atoms with van der Waals surface area (Å²) in [6, 6.07) is 5.82. The number of alkyl halides is 3. The van der Waals surface area contributed by atoms with Crippen LogP contribution in [0.4, 0.5) is 18.9 Å². The lowest BCUT2D eigenvalue weighted by Crippen LogP contribution is -2.25. The second-order valence-corrected chi connectivity index (χ2v) is 5.87. The van der Waals surface area contributed by atoms with E-state index in [0.29, 0.717) is 0 Å². The summed E-state index contributed by atoms with van der Waals surface area (Å²) in [6.45, 7) is 2.42. The highest BCUT2D eigenvalue weighted by Gasteiger charge is 2.50. The molecule has 0 saturated carbocycles. The summed E-state index contributed by atoms with van der Waals surface area (Å²) >= 11 is 0. The first-order chi connectivity index (χ1) is 10.3. The van der Waals surface area contributed by atoms with Gasteiger partial charge in [-0.05, 0) is 26.0 Å². The molecule has 9 heteroatoms. The highest BCUT2D eigenvalue weighted by molar-refractivity contribution is 7.72. The molecule has 0 spiro atoms. The van der Waals surface area contributed by atoms with E-state index in [-0.39, 0.29) is 24.7 Å². The van der Waals surface area contributed by atoms with E-state index in [9.17, 15) is 17.7 Å². The van der Waals surface area contributed by atoms with Crippen molar-refractivity contribution in [1.82, 2.24) is 0 Å². The van der Waals surface area contributed by atoms with Crippen LogP contribution in [0, 0.1) is 0 Å². The first kappa shape index (κ1) is 18.7. The predicted octanol–water partition coefficient (Wildman–Crippen LogP) is 4.55. The normalized spacial score (nSPS) is 13.3. The smallest absolute Gasteiger partial charge is 0.441 e. The molecule has 124 valence electrons. The van der Waals surface area contributed by atoms with Gasteiger partial charge in [-0.3, -0.25) is 4.57 Å². The van der Waals surface area contributed by atoms with Crippen LogP contribution in [-0.4, -0.2) is 32.0 Å². The molecule has 0 N–H and O–H groups in total. The third kappa shape index (κ3) is 4.56. The van der Waals surface area contributed by atoms with Gasteiger partial charge < -0.3 is 13.8 Å². The van der Waals surface area contributed by atoms with E-state index >= 15 is 0 Å². The Kier molecular flexibility index (Phi) is 6.59. The van der Waals surface area contributed by atoms with Crippen LogP contribution in [0.2, 0.25) is 0 Å². The van der Waals surface area contributed by atoms with Gasteiger partial charge in [-0.15, -0.1) is 0 Å². The van der Waals surface area contributed by atoms with Crippen LogP contribution < -0.4 is 4.74 Å². The molecular formula is C13H17F3NO4P. The number of methoxy groups -OCH3 is 1. The molecule has 0 saturated heterocycles. The summed E-state index contributed by atoms with van der Waals surface area (Å²) in [7, 11) is -3.28. The van der Waals surface area contributed by atoms with Crippen molar-refractivity contribution in [1.29, 1.82) is 0 Å². The standard InChI is InChI=1S/C13H17F3NO4P/c1-4-20-22(18,21-5-2)12(13(14,15)16)17-10-8-6-7-9-11(10)19-3/h6-9H,4-5H2,1-3H3. The summed E-state index contributed by atoms with van der Waals surface area (Å²) < 4.78 is 66.7. The molecular weight excluding hydrogens is 322 g/mol. The molecule has 5 nitrogen and oxygen atoms in total. The van der Waals surface area contributed by atoms with Crippen molar-refractivity contribution in [3.05, 3.63) is 24.3 Å². The quantitative estimate of drug-likeness (QED) is 0.540. The van der Waals surface area contributed by atoms with Gasteiger partial charge >= 0.3 is 13.8 Å². The van der Waals surface area contributed by atoms with E-state index in [4.69, 9.17) is 13.8 Å². The Balaban J connectivity index is 3.46. The maximum atomic E-state index is 13.3. The molecule has 0 aliphatic heterocycles. The fourth-order valence-electron chi connectivity index (χ4n) is 1.62. The minimum absolute atomic E-state index is 0.114. The number of nitrogens with zero attached hydrogens (tertiary/aromatic N) is 1. The zero-order valence-electron chi connectivity index (χ0n) is 12.4. The van der Waals surface area contributed by atoms with Crippen molar-refractivity contribution in [2.75, 3.05) is 20.3 Å². The molecule has 0 aliphatic carbocycles. The van der Waals surface area contributed by atoms with E-state index in [0.717, 1.165) is 0 Å². The summed E-state index contributed by atoms with van der Waals surface area (Å²) in [5.74, 6) is 0.115. The van der Waals surface area contributed by atoms with Crippen molar-refractivity contribution in [3.8, 4) is 5.75 Å². The van der Waals surface area contributed by atoms with Crippen LogP contribution in [0.25, 0.3) is 0 Å². The number of benzene rings is 1. The molecule has 22 heavy (non-hydrogen) atoms. The summed E-state index contributed by atoms with van der Waals surface area (Å²) in [5, 5.41) is 0. The van der Waals surface area contributed by atoms with E-state index in [1.165, 1.54) is 39.2 Å². The van der Waals surface area contributed by atoms with Crippen LogP contribution in [0.15, 0.2) is 29.3 Å². The molecule has 1 aromatic rings. The van der Waals surface area contributed by atoms with Gasteiger partial charge in [-0.2, -0.15) is 13.2 Å². The maximum absolute atomic E-state index is 13.3. The van der Waals surface area contributed by atoms with Gasteiger partial charge in [0.05, 0.1) is 20.3 Å². The maximum Gasteiger partial charge on any atom is 0.441 e. The molecule has 0 radical (unpaired) electrons. The zero-order valence-corrected chi connectivity index (χ0v) is 13.3. The number of ether oxygens (including phenoxy) is 1. The van der Waals surface area contributed by atoms with Gasteiger partial charge in [0.2, 0.25) is 5.45 Å². The van der Waals surface area contributed by atoms with Gasteiger partial charge in [0, 0.05) is 0 Å². The Hall–Kier alpha value is -1.37. The Morgan fingerprint density at radius 1 is 1.18 bits per heavy atom. The number of hydrogen-bond donors (Lipinski definition) is 0. The molecule has 1 rings (SSSR count). The van der Waals surface area contributed by atoms with Crippen LogP contribution >= 0.6 is 7.60 Å². The van der Waals surface area contributed by atoms with E-state index < -0.39 is 19.2 Å². The lowest BCUT2D eigenvalue weighted by Gasteiger charge is -2.20. The van der Waals surface area contributed by atoms with Crippen LogP contribution in [0.5, 0.6) is 5.75 Å². The number of para-hydroxylation sites is 2. The number of halogens is 3. The van der Waals surface area contributed by atoms with E-state index in [2.05, 4.69) is 4.99 Å². The lowest BCUT2D eigenvalue weighted by molar-refractivity contribution is -0.0572. The fraction of sp³-hybridized carbons (Fsp3) is 0.462. The first-order valence-corrected chi connectivity index (χ1v) is 8.01. The Morgan fingerprint density at radius 2 is 1.73 bits per heavy atom. The molecule has 0 amide bonds. The summed E-state index contributed by atoms with van der Waals surface area (Å²) in [5.41, 5.74) is -1.72. The van der Waals surface area contributed by atoms with Gasteiger partial charge in [-0.1, -0.05) is 12.1 Å². The molecule has 0 unspecified atom stereocenters. The summed E-state index contributed by atoms with van der Waals surface area (Å²) in [6.07, 6.45) is -4.97. The summed E-state index contributed by atoms with van der Waals surface area (Å²) in [4.78, 5) is 3.46. The molecule has 1 aromatic carbocycles. The molecule has 0 aliphatic rings. The minimum atomic E-state index is -4.97. The van der Waals surface area contributed by atoms with Crippen molar-refractivity contribution >= 4 is 18.7 Å². The van der Waals surface area contributed by atoms with E-state index in [1.54, 1.807) is 6.07 Å². The van der Waals surface area contributed by atoms with Crippen molar-refractivity contribution in [3.63, 3.8) is 0 Å². The van der Waals surface area contributed by atoms with Crippen LogP contribution in [0.3, 0.4) is 0 Å². The molecule has 0 heterocycles. The number of aliphatic imine (C=N–C) groups is 1. The SMILES string of the molecule is CCOP(=O)(OCC)C(=Nc1ccccc1OC)C(F)(F)F. The largest absolute Gasteiger partial charge is 0.494 e. The number of rotatable bonds is 7. The molecule has 0 bridgehead atoms. The predicted molar refractivity (Wildman–Crippen MR) is 77.0 cm³/mol. The topological polar surface area (TPSA) is 57.1 Å². The second kappa shape index (κ2) is 7.76. The lowest BCUT2D eigenvalue weighted by atomic mass is 10.3. The Labute approximate surface area is 126 Å². The van der Waals surface area contributed by atoms with Crippen molar-refractivity contribution in [2.24, 2.45) is 4.99 Å². The minimum Gasteiger partial charge on any atom is -0.494 e. The first-order valence-electron chi connectivity index (χ1n) is 6.47. The third-order valence-electron chi connectivity index (χ3n) is 2.42. The van der Waals surface area contributed by atoms with Crippen molar-refractivity contribution in [2.45, 2.75) is 20.0 Å². The Morgan fingerprint density at radius 3 is 2.18 bits per heavy atom. The second-order valence-electron chi connectivity index (χ2n) is 3.94. The van der Waals surface area contributed by atoms with Crippen LogP contribution in [-0.2, 0) is 13.6 Å². The average molecular weight is 339 g/mol. The molecule has 0 atom stereocenters. The average Bonchev–Trinajstić information content (AvgIpc) is 2.44. The molecule has 0 aromatic heterocycles. The highest BCUT2D eigenvalue weighted by Crippen LogP contribution is 2.55. The van der Waals surface area contributed by atoms with Gasteiger partial charge in [0.15, 0.2) is 0 Å². The Bertz CT molecular complexity index is 565. The van der Waals surface area contributed by atoms with Gasteiger partial charge in [-0.25, -0.2) is 4.99 Å². The molecule has 0 fully saturated rings. The fourth-order valence-corrected chi connectivity index (χ4v) is 3.16. The van der Waals surface area contributed by atoms with Crippen molar-refractivity contribution < 1.29 is 31.5 Å². The van der Waals surface area contributed by atoms with Gasteiger partial charge in [0.1, 0.15) is 11.4 Å². The van der Waals surface area contributed by atoms with Gasteiger partial charge in [0.25, 0.3) is 0 Å². The zero-order chi connectivity index (χ0) is 16.8. The number of hydrogen-bond acceptors (Lipinski definition) is 5. The highest BCUT2D eigenvalue weighted by atomic mass is 31.2. The monoisotopic (exact) mass is 339 g/mol. The van der Waals surface area contributed by atoms with E-state index in [1.807, 2.05) is 0 Å².